The van der Waals surface area contributed by atoms with Crippen molar-refractivity contribution in [1.29, 1.82) is 0 Å². The summed E-state index contributed by atoms with van der Waals surface area (Å²) in [5.41, 5.74) is 3.15. The SMILES string of the molecule is C#Cc1cccc(NC2CCOc3ccccc32)c1. The lowest BCUT2D eigenvalue weighted by atomic mass is 10.00. The maximum absolute atomic E-state index is 5.66. The van der Waals surface area contributed by atoms with Gasteiger partial charge in [0.05, 0.1) is 12.6 Å². The fourth-order valence-corrected chi connectivity index (χ4v) is 2.39. The molecule has 1 heterocycles. The Labute approximate surface area is 113 Å². The zero-order valence-corrected chi connectivity index (χ0v) is 10.6. The van der Waals surface area contributed by atoms with Crippen LogP contribution >= 0.6 is 0 Å². The normalized spacial score (nSPS) is 16.9. The standard InChI is InChI=1S/C17H15NO/c1-2-13-6-5-7-14(12-13)18-16-10-11-19-17-9-4-3-8-15(16)17/h1,3-9,12,16,18H,10-11H2. The van der Waals surface area contributed by atoms with Gasteiger partial charge in [0.25, 0.3) is 0 Å². The number of hydrogen-bond acceptors (Lipinski definition) is 2. The van der Waals surface area contributed by atoms with Gasteiger partial charge in [-0.25, -0.2) is 0 Å². The van der Waals surface area contributed by atoms with E-state index in [-0.39, 0.29) is 6.04 Å². The summed E-state index contributed by atoms with van der Waals surface area (Å²) in [6.07, 6.45) is 6.39. The minimum absolute atomic E-state index is 0.276. The summed E-state index contributed by atoms with van der Waals surface area (Å²) in [7, 11) is 0. The fraction of sp³-hybridized carbons (Fsp3) is 0.176. The summed E-state index contributed by atoms with van der Waals surface area (Å²) in [5.74, 6) is 3.63. The van der Waals surface area contributed by atoms with Crippen LogP contribution in [0.1, 0.15) is 23.6 Å². The number of para-hydroxylation sites is 1. The first-order chi connectivity index (χ1) is 9.36. The first-order valence-corrected chi connectivity index (χ1v) is 6.42. The zero-order chi connectivity index (χ0) is 13.1. The molecule has 0 spiro atoms. The summed E-state index contributed by atoms with van der Waals surface area (Å²) in [6.45, 7) is 0.740. The van der Waals surface area contributed by atoms with Crippen LogP contribution < -0.4 is 10.1 Å². The van der Waals surface area contributed by atoms with E-state index in [1.165, 1.54) is 5.56 Å². The smallest absolute Gasteiger partial charge is 0.124 e. The zero-order valence-electron chi connectivity index (χ0n) is 10.6. The number of anilines is 1. The predicted molar refractivity (Wildman–Crippen MR) is 77.3 cm³/mol. The lowest BCUT2D eigenvalue weighted by Crippen LogP contribution is -2.20. The van der Waals surface area contributed by atoms with Crippen LogP contribution in [0.5, 0.6) is 5.75 Å². The largest absolute Gasteiger partial charge is 0.493 e. The van der Waals surface area contributed by atoms with E-state index in [4.69, 9.17) is 11.2 Å². The van der Waals surface area contributed by atoms with Crippen molar-refractivity contribution in [2.45, 2.75) is 12.5 Å². The Morgan fingerprint density at radius 3 is 2.95 bits per heavy atom. The van der Waals surface area contributed by atoms with E-state index in [1.54, 1.807) is 0 Å². The fourth-order valence-electron chi connectivity index (χ4n) is 2.39. The molecule has 2 heteroatoms. The highest BCUT2D eigenvalue weighted by atomic mass is 16.5. The molecule has 94 valence electrons. The van der Waals surface area contributed by atoms with Gasteiger partial charge in [0, 0.05) is 23.2 Å². The number of benzene rings is 2. The lowest BCUT2D eigenvalue weighted by Gasteiger charge is -2.27. The van der Waals surface area contributed by atoms with Crippen molar-refractivity contribution in [3.63, 3.8) is 0 Å². The quantitative estimate of drug-likeness (QED) is 0.821. The molecule has 1 aliphatic rings. The van der Waals surface area contributed by atoms with Gasteiger partial charge >= 0.3 is 0 Å². The highest BCUT2D eigenvalue weighted by Gasteiger charge is 2.20. The number of fused-ring (bicyclic) bond motifs is 1. The Balaban J connectivity index is 1.86. The lowest BCUT2D eigenvalue weighted by molar-refractivity contribution is 0.274. The van der Waals surface area contributed by atoms with E-state index in [1.807, 2.05) is 42.5 Å². The van der Waals surface area contributed by atoms with Crippen LogP contribution in [0.4, 0.5) is 5.69 Å². The Bertz CT molecular complexity index is 627. The van der Waals surface area contributed by atoms with Crippen molar-refractivity contribution < 1.29 is 4.74 Å². The third-order valence-corrected chi connectivity index (χ3v) is 3.33. The topological polar surface area (TPSA) is 21.3 Å². The third-order valence-electron chi connectivity index (χ3n) is 3.33. The van der Waals surface area contributed by atoms with E-state index < -0.39 is 0 Å². The van der Waals surface area contributed by atoms with E-state index in [2.05, 4.69) is 17.3 Å². The van der Waals surface area contributed by atoms with Gasteiger partial charge in [-0.05, 0) is 24.3 Å². The van der Waals surface area contributed by atoms with Crippen molar-refractivity contribution in [1.82, 2.24) is 0 Å². The average molecular weight is 249 g/mol. The van der Waals surface area contributed by atoms with Gasteiger partial charge in [-0.15, -0.1) is 6.42 Å². The van der Waals surface area contributed by atoms with E-state index in [0.29, 0.717) is 0 Å². The van der Waals surface area contributed by atoms with E-state index >= 15 is 0 Å². The highest BCUT2D eigenvalue weighted by Crippen LogP contribution is 2.33. The Hall–Kier alpha value is -2.40. The van der Waals surface area contributed by atoms with Crippen LogP contribution in [0, 0.1) is 12.3 Å². The molecule has 1 N–H and O–H groups in total. The average Bonchev–Trinajstić information content (AvgIpc) is 2.48. The molecular formula is C17H15NO. The second-order valence-corrected chi connectivity index (χ2v) is 4.60. The molecule has 2 nitrogen and oxygen atoms in total. The molecule has 0 amide bonds. The van der Waals surface area contributed by atoms with Gasteiger partial charge in [0.2, 0.25) is 0 Å². The van der Waals surface area contributed by atoms with Crippen molar-refractivity contribution in [2.75, 3.05) is 11.9 Å². The molecule has 0 fully saturated rings. The van der Waals surface area contributed by atoms with Crippen LogP contribution in [-0.4, -0.2) is 6.61 Å². The molecule has 1 aliphatic heterocycles. The van der Waals surface area contributed by atoms with Crippen LogP contribution in [0.25, 0.3) is 0 Å². The molecule has 0 aromatic heterocycles. The molecule has 0 aliphatic carbocycles. The van der Waals surface area contributed by atoms with E-state index in [0.717, 1.165) is 30.0 Å². The predicted octanol–water partition coefficient (Wildman–Crippen LogP) is 3.60. The molecule has 3 rings (SSSR count). The molecule has 1 unspecified atom stereocenters. The van der Waals surface area contributed by atoms with Crippen LogP contribution in [0.15, 0.2) is 48.5 Å². The Morgan fingerprint density at radius 1 is 1.16 bits per heavy atom. The maximum Gasteiger partial charge on any atom is 0.124 e. The first kappa shape index (κ1) is 11.7. The number of nitrogens with one attached hydrogen (secondary N) is 1. The molecule has 0 bridgehead atoms. The molecule has 2 aromatic rings. The number of rotatable bonds is 2. The number of ether oxygens (including phenoxy) is 1. The molecule has 19 heavy (non-hydrogen) atoms. The van der Waals surface area contributed by atoms with Crippen LogP contribution in [-0.2, 0) is 0 Å². The molecule has 0 radical (unpaired) electrons. The van der Waals surface area contributed by atoms with Crippen LogP contribution in [0.2, 0.25) is 0 Å². The second-order valence-electron chi connectivity index (χ2n) is 4.60. The molecule has 0 saturated heterocycles. The summed E-state index contributed by atoms with van der Waals surface area (Å²) >= 11 is 0. The maximum atomic E-state index is 5.66. The summed E-state index contributed by atoms with van der Waals surface area (Å²) in [5, 5.41) is 3.54. The van der Waals surface area contributed by atoms with Crippen molar-refractivity contribution in [3.05, 3.63) is 59.7 Å². The van der Waals surface area contributed by atoms with Gasteiger partial charge in [-0.3, -0.25) is 0 Å². The molecular weight excluding hydrogens is 234 g/mol. The Morgan fingerprint density at radius 2 is 2.05 bits per heavy atom. The number of terminal acetylenes is 1. The van der Waals surface area contributed by atoms with Crippen molar-refractivity contribution >= 4 is 5.69 Å². The van der Waals surface area contributed by atoms with Crippen molar-refractivity contribution in [3.8, 4) is 18.1 Å². The van der Waals surface area contributed by atoms with Gasteiger partial charge in [-0.2, -0.15) is 0 Å². The minimum atomic E-state index is 0.276. The highest BCUT2D eigenvalue weighted by molar-refractivity contribution is 5.52. The third kappa shape index (κ3) is 2.41. The monoisotopic (exact) mass is 249 g/mol. The van der Waals surface area contributed by atoms with Gasteiger partial charge in [0.15, 0.2) is 0 Å². The number of hydrogen-bond donors (Lipinski definition) is 1. The van der Waals surface area contributed by atoms with Crippen LogP contribution in [0.3, 0.4) is 0 Å². The molecule has 2 aromatic carbocycles. The first-order valence-electron chi connectivity index (χ1n) is 6.42. The summed E-state index contributed by atoms with van der Waals surface area (Å²) < 4.78 is 5.66. The second kappa shape index (κ2) is 5.07. The van der Waals surface area contributed by atoms with Gasteiger partial charge in [0.1, 0.15) is 5.75 Å². The van der Waals surface area contributed by atoms with Gasteiger partial charge < -0.3 is 10.1 Å². The minimum Gasteiger partial charge on any atom is -0.493 e. The summed E-state index contributed by atoms with van der Waals surface area (Å²) in [4.78, 5) is 0. The van der Waals surface area contributed by atoms with Crippen molar-refractivity contribution in [2.24, 2.45) is 0 Å². The molecule has 1 atom stereocenters. The summed E-state index contributed by atoms with van der Waals surface area (Å²) in [6, 6.07) is 16.4. The molecule has 0 saturated carbocycles. The van der Waals surface area contributed by atoms with Gasteiger partial charge in [-0.1, -0.05) is 30.2 Å². The Kier molecular flexibility index (Phi) is 3.12. The van der Waals surface area contributed by atoms with E-state index in [9.17, 15) is 0 Å².